The van der Waals surface area contributed by atoms with Gasteiger partial charge in [-0.05, 0) is 47.5 Å². The Bertz CT molecular complexity index is 721. The Kier molecular flexibility index (Phi) is 8.98. The third-order valence-corrected chi connectivity index (χ3v) is 7.21. The van der Waals surface area contributed by atoms with Crippen LogP contribution in [0.3, 0.4) is 0 Å². The number of fused-ring (bicyclic) bond motifs is 1. The van der Waals surface area contributed by atoms with E-state index < -0.39 is 28.9 Å². The van der Waals surface area contributed by atoms with E-state index in [0.29, 0.717) is 11.7 Å². The summed E-state index contributed by atoms with van der Waals surface area (Å²) in [5.74, 6) is -0.831. The Morgan fingerprint density at radius 2 is 1.88 bits per heavy atom. The van der Waals surface area contributed by atoms with E-state index in [9.17, 15) is 24.3 Å². The Hall–Kier alpha value is -1.81. The largest absolute Gasteiger partial charge is 0.480 e. The van der Waals surface area contributed by atoms with Crippen molar-refractivity contribution < 1.29 is 29.0 Å². The van der Waals surface area contributed by atoms with Crippen LogP contribution in [-0.4, -0.2) is 70.1 Å². The SMILES string of the molecule is CC(C)(C)N[C@@H](CC(=O)OCC(C)(C)C(=O)CCCC[C@@H]1SC[C@@H]2NC(=O)N[C@@H]21)C(=O)O. The number of esters is 1. The quantitative estimate of drug-likeness (QED) is 0.193. The Labute approximate surface area is 194 Å². The number of carbonyl (C=O) groups excluding carboxylic acids is 3. The van der Waals surface area contributed by atoms with Gasteiger partial charge in [-0.15, -0.1) is 0 Å². The summed E-state index contributed by atoms with van der Waals surface area (Å²) in [6.07, 6.45) is 2.65. The maximum Gasteiger partial charge on any atom is 0.321 e. The normalized spacial score (nSPS) is 23.8. The number of aliphatic carboxylic acids is 1. The van der Waals surface area contributed by atoms with E-state index >= 15 is 0 Å². The van der Waals surface area contributed by atoms with Crippen molar-refractivity contribution >= 4 is 35.5 Å². The van der Waals surface area contributed by atoms with E-state index in [1.807, 2.05) is 32.5 Å². The van der Waals surface area contributed by atoms with Crippen molar-refractivity contribution in [1.29, 1.82) is 0 Å². The molecule has 0 radical (unpaired) electrons. The van der Waals surface area contributed by atoms with Gasteiger partial charge in [0.05, 0.1) is 23.9 Å². The van der Waals surface area contributed by atoms with E-state index in [2.05, 4.69) is 16.0 Å². The Morgan fingerprint density at radius 3 is 2.50 bits per heavy atom. The first-order chi connectivity index (χ1) is 14.8. The molecule has 0 bridgehead atoms. The third-order valence-electron chi connectivity index (χ3n) is 5.71. The van der Waals surface area contributed by atoms with Crippen LogP contribution < -0.4 is 16.0 Å². The van der Waals surface area contributed by atoms with E-state index in [-0.39, 0.29) is 36.9 Å². The summed E-state index contributed by atoms with van der Waals surface area (Å²) in [7, 11) is 0. The molecule has 4 atom stereocenters. The minimum absolute atomic E-state index is 0.0145. The lowest BCUT2D eigenvalue weighted by Gasteiger charge is -2.26. The Balaban J connectivity index is 1.69. The van der Waals surface area contributed by atoms with Gasteiger partial charge in [0.15, 0.2) is 0 Å². The zero-order valence-corrected chi connectivity index (χ0v) is 20.5. The number of ketones is 1. The molecule has 0 saturated carbocycles. The molecule has 4 N–H and O–H groups in total. The second kappa shape index (κ2) is 10.9. The van der Waals surface area contributed by atoms with Crippen LogP contribution in [0.1, 0.15) is 66.7 Å². The lowest BCUT2D eigenvalue weighted by Crippen LogP contribution is -2.49. The average molecular weight is 472 g/mol. The number of carboxylic acids is 1. The third kappa shape index (κ3) is 7.95. The highest BCUT2D eigenvalue weighted by Crippen LogP contribution is 2.33. The first kappa shape index (κ1) is 26.4. The summed E-state index contributed by atoms with van der Waals surface area (Å²) in [6.45, 7) is 8.86. The van der Waals surface area contributed by atoms with Crippen molar-refractivity contribution in [3.8, 4) is 0 Å². The molecule has 2 fully saturated rings. The highest BCUT2D eigenvalue weighted by atomic mass is 32.2. The van der Waals surface area contributed by atoms with Gasteiger partial charge in [0, 0.05) is 23.0 Å². The van der Waals surface area contributed by atoms with Crippen molar-refractivity contribution in [2.75, 3.05) is 12.4 Å². The summed E-state index contributed by atoms with van der Waals surface area (Å²) in [5, 5.41) is 18.5. The zero-order valence-electron chi connectivity index (χ0n) is 19.7. The maximum absolute atomic E-state index is 12.6. The van der Waals surface area contributed by atoms with Crippen molar-refractivity contribution in [1.82, 2.24) is 16.0 Å². The topological polar surface area (TPSA) is 134 Å². The number of amides is 2. The lowest BCUT2D eigenvalue weighted by molar-refractivity contribution is -0.153. The lowest BCUT2D eigenvalue weighted by atomic mass is 9.86. The van der Waals surface area contributed by atoms with E-state index in [1.54, 1.807) is 13.8 Å². The number of Topliss-reactive ketones (excluding diaryl/α,β-unsaturated/α-hetero) is 1. The van der Waals surface area contributed by atoms with Crippen LogP contribution in [0.2, 0.25) is 0 Å². The van der Waals surface area contributed by atoms with E-state index in [1.165, 1.54) is 0 Å². The van der Waals surface area contributed by atoms with Gasteiger partial charge in [-0.2, -0.15) is 11.8 Å². The van der Waals surface area contributed by atoms with E-state index in [0.717, 1.165) is 25.0 Å². The molecule has 2 saturated heterocycles. The molecule has 0 aromatic rings. The standard InChI is InChI=1S/C22H37N3O6S/c1-21(2,3)25-13(19(28)29)10-17(27)31-12-22(4,5)16(26)9-7-6-8-15-18-14(11-32-15)23-20(30)24-18/h13-15,18,25H,6-12H2,1-5H3,(H,28,29)(H2,23,24,30)/t13-,14-,15-,18-/m0/s1. The first-order valence-corrected chi connectivity index (χ1v) is 12.2. The molecule has 2 heterocycles. The molecule has 0 aromatic carbocycles. The molecule has 0 spiro atoms. The van der Waals surface area contributed by atoms with Crippen molar-refractivity contribution in [3.05, 3.63) is 0 Å². The van der Waals surface area contributed by atoms with Gasteiger partial charge in [-0.3, -0.25) is 19.7 Å². The van der Waals surface area contributed by atoms with E-state index in [4.69, 9.17) is 4.74 Å². The van der Waals surface area contributed by atoms with Crippen molar-refractivity contribution in [2.45, 2.75) is 95.6 Å². The summed E-state index contributed by atoms with van der Waals surface area (Å²) in [5.41, 5.74) is -1.29. The molecule has 10 heteroatoms. The highest BCUT2D eigenvalue weighted by Gasteiger charge is 2.42. The first-order valence-electron chi connectivity index (χ1n) is 11.2. The number of thioether (sulfide) groups is 1. The van der Waals surface area contributed by atoms with Gasteiger partial charge in [-0.1, -0.05) is 6.42 Å². The molecule has 9 nitrogen and oxygen atoms in total. The minimum atomic E-state index is -1.12. The second-order valence-corrected chi connectivity index (χ2v) is 11.6. The number of unbranched alkanes of at least 4 members (excludes halogenated alkanes) is 1. The van der Waals surface area contributed by atoms with Gasteiger partial charge in [-0.25, -0.2) is 4.79 Å². The number of carbonyl (C=O) groups is 4. The van der Waals surface area contributed by atoms with Gasteiger partial charge < -0.3 is 20.5 Å². The number of carboxylic acid groups (broad SMARTS) is 1. The molecule has 2 aliphatic heterocycles. The van der Waals surface area contributed by atoms with Gasteiger partial charge in [0.1, 0.15) is 18.4 Å². The molecular weight excluding hydrogens is 434 g/mol. The van der Waals surface area contributed by atoms with Crippen LogP contribution in [-0.2, 0) is 19.1 Å². The Morgan fingerprint density at radius 1 is 1.19 bits per heavy atom. The van der Waals surface area contributed by atoms with Gasteiger partial charge in [0.25, 0.3) is 0 Å². The minimum Gasteiger partial charge on any atom is -0.480 e. The summed E-state index contributed by atoms with van der Waals surface area (Å²) in [4.78, 5) is 47.6. The van der Waals surface area contributed by atoms with Crippen LogP contribution in [0.4, 0.5) is 4.79 Å². The molecule has 0 unspecified atom stereocenters. The number of nitrogens with one attached hydrogen (secondary N) is 3. The summed E-state index contributed by atoms with van der Waals surface area (Å²) >= 11 is 1.86. The number of urea groups is 1. The zero-order chi connectivity index (χ0) is 24.1. The van der Waals surface area contributed by atoms with Crippen molar-refractivity contribution in [2.24, 2.45) is 5.41 Å². The van der Waals surface area contributed by atoms with Gasteiger partial charge in [0.2, 0.25) is 0 Å². The molecule has 2 aliphatic rings. The van der Waals surface area contributed by atoms with Crippen LogP contribution >= 0.6 is 11.8 Å². The highest BCUT2D eigenvalue weighted by molar-refractivity contribution is 8.00. The maximum atomic E-state index is 12.6. The van der Waals surface area contributed by atoms with Crippen LogP contribution in [0.25, 0.3) is 0 Å². The molecule has 182 valence electrons. The summed E-state index contributed by atoms with van der Waals surface area (Å²) < 4.78 is 5.25. The number of hydrogen-bond acceptors (Lipinski definition) is 7. The average Bonchev–Trinajstić information content (AvgIpc) is 3.21. The number of ether oxygens (including phenoxy) is 1. The fourth-order valence-electron chi connectivity index (χ4n) is 3.90. The molecule has 32 heavy (non-hydrogen) atoms. The molecule has 2 rings (SSSR count). The van der Waals surface area contributed by atoms with Crippen LogP contribution in [0.5, 0.6) is 0 Å². The van der Waals surface area contributed by atoms with Gasteiger partial charge >= 0.3 is 18.0 Å². The molecular formula is C22H37N3O6S. The van der Waals surface area contributed by atoms with Crippen LogP contribution in [0.15, 0.2) is 0 Å². The molecule has 0 aliphatic carbocycles. The smallest absolute Gasteiger partial charge is 0.321 e. The predicted octanol–water partition coefficient (Wildman–Crippen LogP) is 2.08. The monoisotopic (exact) mass is 471 g/mol. The van der Waals surface area contributed by atoms with Crippen LogP contribution in [0, 0.1) is 5.41 Å². The second-order valence-electron chi connectivity index (χ2n) is 10.3. The fourth-order valence-corrected chi connectivity index (χ4v) is 5.45. The molecule has 0 aromatic heterocycles. The molecule has 2 amide bonds. The predicted molar refractivity (Wildman–Crippen MR) is 123 cm³/mol. The summed E-state index contributed by atoms with van der Waals surface area (Å²) in [6, 6.07) is -0.775. The fraction of sp³-hybridized carbons (Fsp3) is 0.818. The number of hydrogen-bond donors (Lipinski definition) is 4. The number of rotatable bonds is 12. The van der Waals surface area contributed by atoms with Crippen molar-refractivity contribution in [3.63, 3.8) is 0 Å².